The Labute approximate surface area is 174 Å². The first-order valence-corrected chi connectivity index (χ1v) is 9.89. The summed E-state index contributed by atoms with van der Waals surface area (Å²) in [6.07, 6.45) is -5.71. The van der Waals surface area contributed by atoms with Crippen LogP contribution in [0.15, 0.2) is 42.5 Å². The van der Waals surface area contributed by atoms with E-state index in [1.165, 1.54) is 6.92 Å². The summed E-state index contributed by atoms with van der Waals surface area (Å²) in [5, 5.41) is 23.2. The quantitative estimate of drug-likeness (QED) is 0.656. The molecular formula is C22H26O8. The summed E-state index contributed by atoms with van der Waals surface area (Å²) in [7, 11) is 0. The van der Waals surface area contributed by atoms with Crippen molar-refractivity contribution in [3.05, 3.63) is 42.5 Å². The van der Waals surface area contributed by atoms with Crippen LogP contribution >= 0.6 is 0 Å². The van der Waals surface area contributed by atoms with Gasteiger partial charge in [-0.3, -0.25) is 9.59 Å². The normalized spacial score (nSPS) is 26.2. The molecule has 5 atom stereocenters. The van der Waals surface area contributed by atoms with Gasteiger partial charge < -0.3 is 29.2 Å². The predicted octanol–water partition coefficient (Wildman–Crippen LogP) is 1.94. The van der Waals surface area contributed by atoms with Gasteiger partial charge >= 0.3 is 11.9 Å². The number of aliphatic hydroxyl groups excluding tert-OH is 2. The third-order valence-corrected chi connectivity index (χ3v) is 4.79. The highest BCUT2D eigenvalue weighted by atomic mass is 16.7. The van der Waals surface area contributed by atoms with Gasteiger partial charge in [0, 0.05) is 13.3 Å². The number of aliphatic hydroxyl groups is 2. The van der Waals surface area contributed by atoms with E-state index >= 15 is 0 Å². The van der Waals surface area contributed by atoms with Gasteiger partial charge in [0.15, 0.2) is 12.2 Å². The van der Waals surface area contributed by atoms with E-state index < -0.39 is 42.6 Å². The topological polar surface area (TPSA) is 112 Å². The average molecular weight is 418 g/mol. The molecule has 0 unspecified atom stereocenters. The number of benzene rings is 2. The molecule has 1 aliphatic rings. The summed E-state index contributed by atoms with van der Waals surface area (Å²) in [6.45, 7) is 2.77. The van der Waals surface area contributed by atoms with E-state index in [-0.39, 0.29) is 13.0 Å². The van der Waals surface area contributed by atoms with Crippen LogP contribution in [-0.2, 0) is 23.8 Å². The minimum absolute atomic E-state index is 0.140. The van der Waals surface area contributed by atoms with E-state index in [1.54, 1.807) is 12.1 Å². The molecule has 0 radical (unpaired) electrons. The molecule has 0 spiro atoms. The number of rotatable bonds is 7. The van der Waals surface area contributed by atoms with Gasteiger partial charge in [-0.2, -0.15) is 0 Å². The van der Waals surface area contributed by atoms with Crippen LogP contribution in [0.3, 0.4) is 0 Å². The first-order valence-electron chi connectivity index (χ1n) is 9.89. The monoisotopic (exact) mass is 418 g/mol. The van der Waals surface area contributed by atoms with Crippen molar-refractivity contribution in [2.45, 2.75) is 57.4 Å². The highest BCUT2D eigenvalue weighted by Gasteiger charge is 2.48. The fourth-order valence-corrected chi connectivity index (χ4v) is 3.27. The molecule has 30 heavy (non-hydrogen) atoms. The van der Waals surface area contributed by atoms with Gasteiger partial charge in [-0.25, -0.2) is 0 Å². The van der Waals surface area contributed by atoms with Crippen molar-refractivity contribution in [3.63, 3.8) is 0 Å². The first-order chi connectivity index (χ1) is 14.4. The summed E-state index contributed by atoms with van der Waals surface area (Å²) in [6, 6.07) is 13.1. The molecule has 0 aliphatic carbocycles. The maximum atomic E-state index is 12.0. The van der Waals surface area contributed by atoms with Gasteiger partial charge in [-0.1, -0.05) is 37.3 Å². The lowest BCUT2D eigenvalue weighted by Gasteiger charge is -2.41. The highest BCUT2D eigenvalue weighted by molar-refractivity contribution is 5.83. The number of esters is 2. The van der Waals surface area contributed by atoms with E-state index in [0.29, 0.717) is 12.2 Å². The Hall–Kier alpha value is -2.68. The summed E-state index contributed by atoms with van der Waals surface area (Å²) < 4.78 is 21.7. The molecule has 0 saturated carbocycles. The van der Waals surface area contributed by atoms with Crippen LogP contribution in [0.4, 0.5) is 0 Å². The Kier molecular flexibility index (Phi) is 7.25. The third-order valence-electron chi connectivity index (χ3n) is 4.79. The fourth-order valence-electron chi connectivity index (χ4n) is 3.27. The molecule has 2 N–H and O–H groups in total. The van der Waals surface area contributed by atoms with E-state index in [4.69, 9.17) is 18.9 Å². The Morgan fingerprint density at radius 3 is 2.50 bits per heavy atom. The lowest BCUT2D eigenvalue weighted by molar-refractivity contribution is -0.282. The van der Waals surface area contributed by atoms with E-state index in [1.807, 2.05) is 37.3 Å². The van der Waals surface area contributed by atoms with Gasteiger partial charge in [-0.15, -0.1) is 0 Å². The standard InChI is InChI=1S/C22H26O8/c1-3-6-18(24)30-21-19(25)17(12-27-13(2)23)29-22(20(21)26)28-16-10-9-14-7-4-5-8-15(14)11-16/h4-5,7-11,17,19-22,25-26H,3,6,12H2,1-2H3/t17-,19-,20-,21+,22-/m1/s1. The van der Waals surface area contributed by atoms with Gasteiger partial charge in [-0.05, 0) is 29.3 Å². The summed E-state index contributed by atoms with van der Waals surface area (Å²) in [4.78, 5) is 23.1. The average Bonchev–Trinajstić information content (AvgIpc) is 2.72. The molecule has 3 rings (SSSR count). The molecule has 2 aromatic rings. The number of fused-ring (bicyclic) bond motifs is 1. The molecule has 162 valence electrons. The largest absolute Gasteiger partial charge is 0.463 e. The second kappa shape index (κ2) is 9.88. The molecule has 8 heteroatoms. The van der Waals surface area contributed by atoms with Gasteiger partial charge in [0.1, 0.15) is 24.6 Å². The third kappa shape index (κ3) is 5.27. The zero-order chi connectivity index (χ0) is 21.7. The van der Waals surface area contributed by atoms with Crippen LogP contribution in [-0.4, -0.2) is 59.5 Å². The smallest absolute Gasteiger partial charge is 0.306 e. The second-order valence-electron chi connectivity index (χ2n) is 7.16. The molecule has 1 aliphatic heterocycles. The molecule has 1 heterocycles. The zero-order valence-electron chi connectivity index (χ0n) is 16.9. The Morgan fingerprint density at radius 2 is 1.80 bits per heavy atom. The summed E-state index contributed by atoms with van der Waals surface area (Å²) >= 11 is 0. The minimum atomic E-state index is -1.44. The Morgan fingerprint density at radius 1 is 1.07 bits per heavy atom. The highest BCUT2D eigenvalue weighted by Crippen LogP contribution is 2.28. The maximum Gasteiger partial charge on any atom is 0.306 e. The number of carbonyl (C=O) groups is 2. The van der Waals surface area contributed by atoms with E-state index in [9.17, 15) is 19.8 Å². The van der Waals surface area contributed by atoms with Crippen LogP contribution in [0, 0.1) is 0 Å². The number of hydrogen-bond donors (Lipinski definition) is 2. The second-order valence-corrected chi connectivity index (χ2v) is 7.16. The van der Waals surface area contributed by atoms with E-state index in [2.05, 4.69) is 0 Å². The van der Waals surface area contributed by atoms with Crippen molar-refractivity contribution in [1.82, 2.24) is 0 Å². The van der Waals surface area contributed by atoms with Crippen molar-refractivity contribution in [1.29, 1.82) is 0 Å². The Bertz CT molecular complexity index is 882. The van der Waals surface area contributed by atoms with Crippen molar-refractivity contribution >= 4 is 22.7 Å². The lowest BCUT2D eigenvalue weighted by atomic mass is 9.98. The van der Waals surface area contributed by atoms with Gasteiger partial charge in [0.25, 0.3) is 0 Å². The molecule has 0 bridgehead atoms. The van der Waals surface area contributed by atoms with Crippen molar-refractivity contribution in [3.8, 4) is 5.75 Å². The SMILES string of the molecule is CCCC(=O)O[C@@H]1[C@@H](O)[C@H](Oc2ccc3ccccc3c2)O[C@H](COC(C)=O)[C@H]1O. The first kappa shape index (κ1) is 22.0. The van der Waals surface area contributed by atoms with Crippen LogP contribution in [0.1, 0.15) is 26.7 Å². The summed E-state index contributed by atoms with van der Waals surface area (Å²) in [5.74, 6) is -0.680. The van der Waals surface area contributed by atoms with E-state index in [0.717, 1.165) is 10.8 Å². The van der Waals surface area contributed by atoms with Crippen molar-refractivity contribution in [2.24, 2.45) is 0 Å². The van der Waals surface area contributed by atoms with Crippen molar-refractivity contribution < 1.29 is 38.7 Å². The molecule has 1 fully saturated rings. The molecule has 1 saturated heterocycles. The molecule has 8 nitrogen and oxygen atoms in total. The molecule has 0 aromatic heterocycles. The number of ether oxygens (including phenoxy) is 4. The Balaban J connectivity index is 1.80. The van der Waals surface area contributed by atoms with Crippen LogP contribution in [0.5, 0.6) is 5.75 Å². The predicted molar refractivity (Wildman–Crippen MR) is 107 cm³/mol. The van der Waals surface area contributed by atoms with Crippen LogP contribution < -0.4 is 4.74 Å². The lowest BCUT2D eigenvalue weighted by Crippen LogP contribution is -2.61. The number of hydrogen-bond acceptors (Lipinski definition) is 8. The van der Waals surface area contributed by atoms with Crippen molar-refractivity contribution in [2.75, 3.05) is 6.61 Å². The number of carbonyl (C=O) groups excluding carboxylic acids is 2. The maximum absolute atomic E-state index is 12.0. The molecule has 2 aromatic carbocycles. The molecular weight excluding hydrogens is 392 g/mol. The molecule has 0 amide bonds. The van der Waals surface area contributed by atoms with Crippen LogP contribution in [0.25, 0.3) is 10.8 Å². The zero-order valence-corrected chi connectivity index (χ0v) is 16.9. The van der Waals surface area contributed by atoms with Gasteiger partial charge in [0.2, 0.25) is 6.29 Å². The van der Waals surface area contributed by atoms with Gasteiger partial charge in [0.05, 0.1) is 0 Å². The fraction of sp³-hybridized carbons (Fsp3) is 0.455. The summed E-state index contributed by atoms with van der Waals surface area (Å²) in [5.41, 5.74) is 0. The minimum Gasteiger partial charge on any atom is -0.463 e. The van der Waals surface area contributed by atoms with Crippen LogP contribution in [0.2, 0.25) is 0 Å².